The molecule has 0 aliphatic rings. The predicted octanol–water partition coefficient (Wildman–Crippen LogP) is 3.23. The van der Waals surface area contributed by atoms with E-state index in [1.54, 1.807) is 11.4 Å². The molecule has 1 aromatic carbocycles. The Hall–Kier alpha value is -2.38. The van der Waals surface area contributed by atoms with Gasteiger partial charge in [-0.2, -0.15) is 10.4 Å². The highest BCUT2D eigenvalue weighted by Crippen LogP contribution is 2.21. The first-order chi connectivity index (χ1) is 9.19. The van der Waals surface area contributed by atoms with Crippen molar-refractivity contribution in [2.24, 2.45) is 0 Å². The summed E-state index contributed by atoms with van der Waals surface area (Å²) in [4.78, 5) is 4.29. The Bertz CT molecular complexity index is 814. The molecule has 5 heteroatoms. The van der Waals surface area contributed by atoms with Crippen LogP contribution in [-0.2, 0) is 0 Å². The summed E-state index contributed by atoms with van der Waals surface area (Å²) in [7, 11) is 0. The molecule has 0 aliphatic carbocycles. The van der Waals surface area contributed by atoms with Crippen LogP contribution in [0.5, 0.6) is 0 Å². The topological polar surface area (TPSA) is 54.0 Å². The highest BCUT2D eigenvalue weighted by Gasteiger charge is 2.10. The number of nitriles is 1. The van der Waals surface area contributed by atoms with E-state index in [0.717, 1.165) is 11.3 Å². The van der Waals surface area contributed by atoms with Crippen LogP contribution < -0.4 is 0 Å². The molecular weight excluding hydrogens is 260 g/mol. The van der Waals surface area contributed by atoms with E-state index in [9.17, 15) is 0 Å². The number of imidazole rings is 1. The minimum absolute atomic E-state index is 0.457. The molecule has 0 amide bonds. The van der Waals surface area contributed by atoms with Crippen LogP contribution in [0.15, 0.2) is 36.4 Å². The molecule has 0 saturated heterocycles. The van der Waals surface area contributed by atoms with Gasteiger partial charge in [-0.15, -0.1) is 0 Å². The first kappa shape index (κ1) is 11.7. The van der Waals surface area contributed by atoms with Crippen molar-refractivity contribution < 1.29 is 0 Å². The number of hydrogen-bond acceptors (Lipinski definition) is 3. The van der Waals surface area contributed by atoms with Crippen LogP contribution in [0.2, 0.25) is 5.02 Å². The Morgan fingerprint density at radius 2 is 2.11 bits per heavy atom. The standard InChI is InChI=1S/C14H9ClN4/c1-9-13(8-16)19-14(17-9)6-5-12(18-19)10-3-2-4-11(15)7-10/h2-7H,1H3. The molecule has 0 fully saturated rings. The van der Waals surface area contributed by atoms with Gasteiger partial charge >= 0.3 is 0 Å². The third-order valence-electron chi connectivity index (χ3n) is 2.88. The maximum Gasteiger partial charge on any atom is 0.165 e. The van der Waals surface area contributed by atoms with Crippen LogP contribution in [0, 0.1) is 18.3 Å². The summed E-state index contributed by atoms with van der Waals surface area (Å²) in [5.41, 5.74) is 3.46. The fourth-order valence-corrected chi connectivity index (χ4v) is 2.16. The molecule has 0 aliphatic heterocycles. The summed E-state index contributed by atoms with van der Waals surface area (Å²) in [6.07, 6.45) is 0. The van der Waals surface area contributed by atoms with Gasteiger partial charge in [-0.3, -0.25) is 0 Å². The van der Waals surface area contributed by atoms with Crippen molar-refractivity contribution >= 4 is 17.2 Å². The number of nitrogens with zero attached hydrogens (tertiary/aromatic N) is 4. The third-order valence-corrected chi connectivity index (χ3v) is 3.11. The Morgan fingerprint density at radius 3 is 2.84 bits per heavy atom. The second kappa shape index (κ2) is 4.38. The van der Waals surface area contributed by atoms with Crippen LogP contribution in [-0.4, -0.2) is 14.6 Å². The summed E-state index contributed by atoms with van der Waals surface area (Å²) in [5, 5.41) is 14.2. The Kier molecular flexibility index (Phi) is 2.69. The number of aromatic nitrogens is 3. The lowest BCUT2D eigenvalue weighted by Crippen LogP contribution is -1.97. The van der Waals surface area contributed by atoms with Gasteiger partial charge in [0.05, 0.1) is 11.4 Å². The number of fused-ring (bicyclic) bond motifs is 1. The van der Waals surface area contributed by atoms with Crippen molar-refractivity contribution in [2.45, 2.75) is 6.92 Å². The second-order valence-electron chi connectivity index (χ2n) is 4.16. The summed E-state index contributed by atoms with van der Waals surface area (Å²) in [5.74, 6) is 0. The molecule has 92 valence electrons. The van der Waals surface area contributed by atoms with E-state index in [4.69, 9.17) is 16.9 Å². The van der Waals surface area contributed by atoms with Crippen LogP contribution in [0.4, 0.5) is 0 Å². The lowest BCUT2D eigenvalue weighted by molar-refractivity contribution is 0.924. The normalized spacial score (nSPS) is 10.6. The van der Waals surface area contributed by atoms with Crippen molar-refractivity contribution in [1.82, 2.24) is 14.6 Å². The van der Waals surface area contributed by atoms with E-state index in [1.807, 2.05) is 36.4 Å². The third kappa shape index (κ3) is 1.94. The molecule has 0 radical (unpaired) electrons. The van der Waals surface area contributed by atoms with Gasteiger partial charge in [0.2, 0.25) is 0 Å². The molecule has 0 N–H and O–H groups in total. The molecular formula is C14H9ClN4. The number of hydrogen-bond donors (Lipinski definition) is 0. The summed E-state index contributed by atoms with van der Waals surface area (Å²) in [6, 6.07) is 13.3. The van der Waals surface area contributed by atoms with E-state index in [0.29, 0.717) is 22.1 Å². The Labute approximate surface area is 114 Å². The van der Waals surface area contributed by atoms with Crippen molar-refractivity contribution in [1.29, 1.82) is 5.26 Å². The zero-order valence-electron chi connectivity index (χ0n) is 10.1. The highest BCUT2D eigenvalue weighted by molar-refractivity contribution is 6.30. The maximum atomic E-state index is 9.14. The van der Waals surface area contributed by atoms with Crippen LogP contribution >= 0.6 is 11.6 Å². The van der Waals surface area contributed by atoms with Gasteiger partial charge in [-0.05, 0) is 31.2 Å². The van der Waals surface area contributed by atoms with Crippen molar-refractivity contribution in [3.05, 3.63) is 52.8 Å². The van der Waals surface area contributed by atoms with E-state index >= 15 is 0 Å². The first-order valence-corrected chi connectivity index (χ1v) is 6.09. The van der Waals surface area contributed by atoms with E-state index in [2.05, 4.69) is 16.2 Å². The van der Waals surface area contributed by atoms with Gasteiger partial charge < -0.3 is 0 Å². The minimum Gasteiger partial charge on any atom is -0.231 e. The molecule has 2 heterocycles. The summed E-state index contributed by atoms with van der Waals surface area (Å²) in [6.45, 7) is 1.80. The Balaban J connectivity index is 2.24. The van der Waals surface area contributed by atoms with Crippen LogP contribution in [0.25, 0.3) is 16.9 Å². The number of rotatable bonds is 1. The molecule has 3 aromatic rings. The van der Waals surface area contributed by atoms with Gasteiger partial charge in [0, 0.05) is 10.6 Å². The zero-order chi connectivity index (χ0) is 13.4. The summed E-state index contributed by atoms with van der Waals surface area (Å²) >= 11 is 5.98. The van der Waals surface area contributed by atoms with Gasteiger partial charge in [0.1, 0.15) is 6.07 Å². The largest absolute Gasteiger partial charge is 0.231 e. The van der Waals surface area contributed by atoms with Gasteiger partial charge in [-0.25, -0.2) is 9.50 Å². The Morgan fingerprint density at radius 1 is 1.26 bits per heavy atom. The lowest BCUT2D eigenvalue weighted by atomic mass is 10.1. The average molecular weight is 269 g/mol. The van der Waals surface area contributed by atoms with Gasteiger partial charge in [-0.1, -0.05) is 23.7 Å². The quantitative estimate of drug-likeness (QED) is 0.681. The second-order valence-corrected chi connectivity index (χ2v) is 4.59. The van der Waals surface area contributed by atoms with Gasteiger partial charge in [0.15, 0.2) is 11.3 Å². The molecule has 19 heavy (non-hydrogen) atoms. The number of benzene rings is 1. The molecule has 3 rings (SSSR count). The molecule has 4 nitrogen and oxygen atoms in total. The average Bonchev–Trinajstić information content (AvgIpc) is 2.73. The summed E-state index contributed by atoms with van der Waals surface area (Å²) < 4.78 is 1.56. The van der Waals surface area contributed by atoms with Crippen molar-refractivity contribution in [2.75, 3.05) is 0 Å². The maximum absolute atomic E-state index is 9.14. The molecule has 0 unspecified atom stereocenters. The zero-order valence-corrected chi connectivity index (χ0v) is 10.9. The van der Waals surface area contributed by atoms with Crippen LogP contribution in [0.1, 0.15) is 11.4 Å². The van der Waals surface area contributed by atoms with E-state index in [1.165, 1.54) is 0 Å². The highest BCUT2D eigenvalue weighted by atomic mass is 35.5. The van der Waals surface area contributed by atoms with Crippen molar-refractivity contribution in [3.8, 4) is 17.3 Å². The van der Waals surface area contributed by atoms with E-state index in [-0.39, 0.29) is 0 Å². The number of halogens is 1. The lowest BCUT2D eigenvalue weighted by Gasteiger charge is -2.02. The molecule has 0 saturated carbocycles. The molecule has 0 spiro atoms. The smallest absolute Gasteiger partial charge is 0.165 e. The monoisotopic (exact) mass is 268 g/mol. The molecule has 2 aromatic heterocycles. The fourth-order valence-electron chi connectivity index (χ4n) is 1.97. The van der Waals surface area contributed by atoms with Gasteiger partial charge in [0.25, 0.3) is 0 Å². The van der Waals surface area contributed by atoms with Crippen molar-refractivity contribution in [3.63, 3.8) is 0 Å². The minimum atomic E-state index is 0.457. The van der Waals surface area contributed by atoms with E-state index < -0.39 is 0 Å². The van der Waals surface area contributed by atoms with Crippen LogP contribution in [0.3, 0.4) is 0 Å². The predicted molar refractivity (Wildman–Crippen MR) is 72.9 cm³/mol. The molecule has 0 atom stereocenters. The molecule has 0 bridgehead atoms. The number of aryl methyl sites for hydroxylation is 1. The SMILES string of the molecule is Cc1nc2ccc(-c3cccc(Cl)c3)nn2c1C#N. The fraction of sp³-hybridized carbons (Fsp3) is 0.0714. The first-order valence-electron chi connectivity index (χ1n) is 5.71.